The van der Waals surface area contributed by atoms with Crippen LogP contribution in [0.3, 0.4) is 0 Å². The summed E-state index contributed by atoms with van der Waals surface area (Å²) in [6.07, 6.45) is 7.61. The third-order valence-corrected chi connectivity index (χ3v) is 4.93. The Labute approximate surface area is 174 Å². The lowest BCUT2D eigenvalue weighted by Crippen LogP contribution is -2.26. The lowest BCUT2D eigenvalue weighted by molar-refractivity contribution is -0.151. The van der Waals surface area contributed by atoms with Crippen molar-refractivity contribution >= 4 is 11.5 Å². The van der Waals surface area contributed by atoms with E-state index in [2.05, 4.69) is 9.82 Å². The van der Waals surface area contributed by atoms with E-state index >= 15 is 0 Å². The average molecular weight is 409 g/mol. The molecule has 2 atom stereocenters. The van der Waals surface area contributed by atoms with Gasteiger partial charge in [0.25, 0.3) is 0 Å². The molecule has 156 valence electrons. The van der Waals surface area contributed by atoms with E-state index in [-0.39, 0.29) is 18.3 Å². The first-order valence-corrected chi connectivity index (χ1v) is 9.64. The molecule has 3 N–H and O–H groups in total. The quantitative estimate of drug-likeness (QED) is 0.494. The molecular weight excluding hydrogens is 385 g/mol. The Bertz CT molecular complexity index is 957. The van der Waals surface area contributed by atoms with Gasteiger partial charge in [-0.05, 0) is 48.1 Å². The number of carboxylic acid groups (broad SMARTS) is 1. The normalized spacial score (nSPS) is 13.7. The Balaban J connectivity index is 1.95. The van der Waals surface area contributed by atoms with Crippen molar-refractivity contribution in [3.05, 3.63) is 96.3 Å². The number of carbonyl (C=O) groups is 1. The van der Waals surface area contributed by atoms with Gasteiger partial charge in [-0.2, -0.15) is 0 Å². The van der Waals surface area contributed by atoms with Gasteiger partial charge in [-0.15, -0.1) is 0 Å². The van der Waals surface area contributed by atoms with Gasteiger partial charge < -0.3 is 9.67 Å². The van der Waals surface area contributed by atoms with Crippen LogP contribution >= 0.6 is 0 Å². The standard InChI is InChI=1S/C23H24FN3O3/c24-19-11-9-17(10-12-19)15-21(27-14-13-26-16-27)20(18-5-2-1-3-6-18)7-4-8-22(30-25)23(28)29/h1-3,5-7,9-14,16,21-22H,4,8,15,25H2,(H,28,29). The topological polar surface area (TPSA) is 90.4 Å². The monoisotopic (exact) mass is 409 g/mol. The number of hydrogen-bond donors (Lipinski definition) is 2. The fraction of sp³-hybridized carbons (Fsp3) is 0.217. The van der Waals surface area contributed by atoms with Crippen molar-refractivity contribution in [3.63, 3.8) is 0 Å². The SMILES string of the molecule is NOC(CCC=C(c1ccccc1)C(Cc1ccc(F)cc1)n1ccnc1)C(=O)O. The molecule has 7 heteroatoms. The first-order valence-electron chi connectivity index (χ1n) is 9.64. The van der Waals surface area contributed by atoms with Crippen LogP contribution in [0.4, 0.5) is 4.39 Å². The summed E-state index contributed by atoms with van der Waals surface area (Å²) in [7, 11) is 0. The second kappa shape index (κ2) is 10.5. The van der Waals surface area contributed by atoms with Gasteiger partial charge in [-0.25, -0.2) is 20.1 Å². The van der Waals surface area contributed by atoms with E-state index in [1.807, 2.05) is 47.2 Å². The summed E-state index contributed by atoms with van der Waals surface area (Å²) in [4.78, 5) is 19.9. The van der Waals surface area contributed by atoms with E-state index < -0.39 is 12.1 Å². The number of aromatic nitrogens is 2. The van der Waals surface area contributed by atoms with Crippen molar-refractivity contribution in [1.29, 1.82) is 0 Å². The number of nitrogens with zero attached hydrogens (tertiary/aromatic N) is 2. The van der Waals surface area contributed by atoms with Crippen molar-refractivity contribution in [1.82, 2.24) is 9.55 Å². The van der Waals surface area contributed by atoms with Gasteiger partial charge in [0, 0.05) is 12.4 Å². The summed E-state index contributed by atoms with van der Waals surface area (Å²) in [6.45, 7) is 0. The van der Waals surface area contributed by atoms with Crippen molar-refractivity contribution in [2.75, 3.05) is 0 Å². The van der Waals surface area contributed by atoms with E-state index in [0.717, 1.165) is 16.7 Å². The van der Waals surface area contributed by atoms with Gasteiger partial charge in [0.1, 0.15) is 5.82 Å². The minimum atomic E-state index is -1.09. The van der Waals surface area contributed by atoms with E-state index in [9.17, 15) is 9.18 Å². The smallest absolute Gasteiger partial charge is 0.334 e. The Hall–Kier alpha value is -3.29. The third-order valence-electron chi connectivity index (χ3n) is 4.93. The van der Waals surface area contributed by atoms with E-state index in [1.165, 1.54) is 12.1 Å². The van der Waals surface area contributed by atoms with Crippen molar-refractivity contribution in [2.24, 2.45) is 5.90 Å². The van der Waals surface area contributed by atoms with E-state index in [1.54, 1.807) is 24.7 Å². The second-order valence-corrected chi connectivity index (χ2v) is 6.92. The molecule has 1 heterocycles. The molecule has 2 aromatic carbocycles. The molecule has 0 aliphatic heterocycles. The van der Waals surface area contributed by atoms with Gasteiger partial charge in [0.05, 0.1) is 12.4 Å². The molecule has 30 heavy (non-hydrogen) atoms. The molecule has 0 saturated heterocycles. The van der Waals surface area contributed by atoms with Crippen LogP contribution in [0.2, 0.25) is 0 Å². The summed E-state index contributed by atoms with van der Waals surface area (Å²) in [5.74, 6) is 3.74. The minimum absolute atomic E-state index is 0.109. The van der Waals surface area contributed by atoms with Crippen LogP contribution in [-0.4, -0.2) is 26.7 Å². The molecule has 3 rings (SSSR count). The molecule has 2 unspecified atom stereocenters. The van der Waals surface area contributed by atoms with Crippen molar-refractivity contribution in [3.8, 4) is 0 Å². The maximum absolute atomic E-state index is 13.4. The van der Waals surface area contributed by atoms with Crippen LogP contribution < -0.4 is 5.90 Å². The lowest BCUT2D eigenvalue weighted by atomic mass is 9.91. The number of benzene rings is 2. The maximum atomic E-state index is 13.4. The fourth-order valence-electron chi connectivity index (χ4n) is 3.39. The Morgan fingerprint density at radius 3 is 2.53 bits per heavy atom. The molecule has 0 fully saturated rings. The molecule has 6 nitrogen and oxygen atoms in total. The highest BCUT2D eigenvalue weighted by atomic mass is 19.1. The van der Waals surface area contributed by atoms with Gasteiger partial charge in [-0.1, -0.05) is 48.5 Å². The predicted molar refractivity (Wildman–Crippen MR) is 112 cm³/mol. The molecule has 0 radical (unpaired) electrons. The highest BCUT2D eigenvalue weighted by Crippen LogP contribution is 2.32. The van der Waals surface area contributed by atoms with Crippen LogP contribution in [0.25, 0.3) is 5.57 Å². The molecular formula is C23H24FN3O3. The largest absolute Gasteiger partial charge is 0.479 e. The number of imidazole rings is 1. The highest BCUT2D eigenvalue weighted by molar-refractivity contribution is 5.72. The summed E-state index contributed by atoms with van der Waals surface area (Å²) in [6, 6.07) is 16.2. The zero-order chi connectivity index (χ0) is 21.3. The van der Waals surface area contributed by atoms with Gasteiger partial charge in [0.2, 0.25) is 0 Å². The number of carboxylic acids is 1. The van der Waals surface area contributed by atoms with Crippen LogP contribution in [0.5, 0.6) is 0 Å². The zero-order valence-corrected chi connectivity index (χ0v) is 16.4. The number of aliphatic carboxylic acids is 1. The van der Waals surface area contributed by atoms with Crippen LogP contribution in [0, 0.1) is 5.82 Å². The second-order valence-electron chi connectivity index (χ2n) is 6.92. The van der Waals surface area contributed by atoms with Crippen molar-refractivity contribution < 1.29 is 19.1 Å². The molecule has 0 bridgehead atoms. The van der Waals surface area contributed by atoms with Gasteiger partial charge >= 0.3 is 5.97 Å². The molecule has 0 aliphatic rings. The number of hydrogen-bond acceptors (Lipinski definition) is 4. The fourth-order valence-corrected chi connectivity index (χ4v) is 3.39. The predicted octanol–water partition coefficient (Wildman–Crippen LogP) is 4.01. The Morgan fingerprint density at radius 1 is 1.20 bits per heavy atom. The molecule has 0 aliphatic carbocycles. The number of rotatable bonds is 10. The average Bonchev–Trinajstić information content (AvgIpc) is 3.29. The van der Waals surface area contributed by atoms with E-state index in [4.69, 9.17) is 11.0 Å². The molecule has 1 aromatic heterocycles. The number of halogens is 1. The Morgan fingerprint density at radius 2 is 1.93 bits per heavy atom. The highest BCUT2D eigenvalue weighted by Gasteiger charge is 2.20. The maximum Gasteiger partial charge on any atom is 0.334 e. The minimum Gasteiger partial charge on any atom is -0.479 e. The first-order chi connectivity index (χ1) is 14.6. The van der Waals surface area contributed by atoms with Crippen molar-refractivity contribution in [2.45, 2.75) is 31.4 Å². The molecule has 0 spiro atoms. The molecule has 3 aromatic rings. The van der Waals surface area contributed by atoms with Gasteiger partial charge in [-0.3, -0.25) is 4.84 Å². The number of allylic oxidation sites excluding steroid dienone is 2. The summed E-state index contributed by atoms with van der Waals surface area (Å²) in [5, 5.41) is 9.16. The van der Waals surface area contributed by atoms with E-state index in [0.29, 0.717) is 12.8 Å². The van der Waals surface area contributed by atoms with Crippen LogP contribution in [0.1, 0.15) is 30.0 Å². The third kappa shape index (κ3) is 5.62. The summed E-state index contributed by atoms with van der Waals surface area (Å²) in [5.41, 5.74) is 3.00. The summed E-state index contributed by atoms with van der Waals surface area (Å²) >= 11 is 0. The molecule has 0 amide bonds. The first kappa shape index (κ1) is 21.4. The molecule has 0 saturated carbocycles. The van der Waals surface area contributed by atoms with Crippen LogP contribution in [0.15, 0.2) is 79.4 Å². The summed E-state index contributed by atoms with van der Waals surface area (Å²) < 4.78 is 15.4. The zero-order valence-electron chi connectivity index (χ0n) is 16.4. The van der Waals surface area contributed by atoms with Crippen LogP contribution in [-0.2, 0) is 16.1 Å². The Kier molecular flexibility index (Phi) is 7.48. The van der Waals surface area contributed by atoms with Gasteiger partial charge in [0.15, 0.2) is 6.10 Å². The number of nitrogens with two attached hydrogens (primary N) is 1. The lowest BCUT2D eigenvalue weighted by Gasteiger charge is -2.23.